The van der Waals surface area contributed by atoms with Crippen LogP contribution in [0.2, 0.25) is 0 Å². The Bertz CT molecular complexity index is 1020. The van der Waals surface area contributed by atoms with Gasteiger partial charge < -0.3 is 9.64 Å². The number of carbonyl (C=O) groups is 1. The monoisotopic (exact) mass is 393 g/mol. The second kappa shape index (κ2) is 7.81. The highest BCUT2D eigenvalue weighted by atomic mass is 16.5. The van der Waals surface area contributed by atoms with Gasteiger partial charge in [0.05, 0.1) is 5.69 Å². The van der Waals surface area contributed by atoms with Gasteiger partial charge in [-0.2, -0.15) is 5.10 Å². The van der Waals surface area contributed by atoms with Crippen molar-refractivity contribution >= 4 is 17.1 Å². The van der Waals surface area contributed by atoms with E-state index in [1.54, 1.807) is 17.1 Å². The third kappa shape index (κ3) is 3.95. The van der Waals surface area contributed by atoms with E-state index in [1.807, 2.05) is 44.9 Å². The first-order chi connectivity index (χ1) is 13.9. The number of aryl methyl sites for hydroxylation is 3. The minimum absolute atomic E-state index is 0.0141. The SMILES string of the molecule is Cc1cc(C)cc(OC(C)C(=O)N2CCCC(c3nn(C)c4nccnc34)C2)c1. The Morgan fingerprint density at radius 2 is 1.90 bits per heavy atom. The maximum Gasteiger partial charge on any atom is 0.263 e. The Hall–Kier alpha value is -2.96. The number of piperidine rings is 1. The summed E-state index contributed by atoms with van der Waals surface area (Å²) in [7, 11) is 1.88. The van der Waals surface area contributed by atoms with Crippen molar-refractivity contribution in [2.75, 3.05) is 13.1 Å². The molecule has 2 unspecified atom stereocenters. The van der Waals surface area contributed by atoms with Gasteiger partial charge in [-0.15, -0.1) is 0 Å². The van der Waals surface area contributed by atoms with E-state index >= 15 is 0 Å². The van der Waals surface area contributed by atoms with Crippen LogP contribution in [0.1, 0.15) is 42.5 Å². The van der Waals surface area contributed by atoms with Gasteiger partial charge in [-0.1, -0.05) is 6.07 Å². The highest BCUT2D eigenvalue weighted by Crippen LogP contribution is 2.30. The lowest BCUT2D eigenvalue weighted by Gasteiger charge is -2.33. The van der Waals surface area contributed by atoms with E-state index in [2.05, 4.69) is 21.1 Å². The molecule has 7 nitrogen and oxygen atoms in total. The van der Waals surface area contributed by atoms with Crippen molar-refractivity contribution < 1.29 is 9.53 Å². The zero-order chi connectivity index (χ0) is 20.5. The van der Waals surface area contributed by atoms with Crippen molar-refractivity contribution in [1.82, 2.24) is 24.6 Å². The minimum Gasteiger partial charge on any atom is -0.481 e. The summed E-state index contributed by atoms with van der Waals surface area (Å²) in [6.07, 6.45) is 4.76. The summed E-state index contributed by atoms with van der Waals surface area (Å²) in [5.74, 6) is 0.907. The van der Waals surface area contributed by atoms with E-state index in [9.17, 15) is 4.79 Å². The number of likely N-dealkylation sites (tertiary alicyclic amines) is 1. The standard InChI is InChI=1S/C22H27N5O2/c1-14-10-15(2)12-18(11-14)29-16(3)22(28)27-9-5-6-17(13-27)19-20-21(26(4)25-19)24-8-7-23-20/h7-8,10-12,16-17H,5-6,9,13H2,1-4H3. The van der Waals surface area contributed by atoms with Crippen LogP contribution in [0.5, 0.6) is 5.75 Å². The van der Waals surface area contributed by atoms with Crippen LogP contribution in [0.15, 0.2) is 30.6 Å². The lowest BCUT2D eigenvalue weighted by molar-refractivity contribution is -0.139. The molecule has 0 saturated carbocycles. The number of hydrogen-bond donors (Lipinski definition) is 0. The Kier molecular flexibility index (Phi) is 5.22. The zero-order valence-corrected chi connectivity index (χ0v) is 17.4. The van der Waals surface area contributed by atoms with Gasteiger partial charge in [-0.3, -0.25) is 4.79 Å². The van der Waals surface area contributed by atoms with Crippen LogP contribution in [0.25, 0.3) is 11.2 Å². The molecule has 7 heteroatoms. The molecule has 4 rings (SSSR count). The van der Waals surface area contributed by atoms with Crippen molar-refractivity contribution in [1.29, 1.82) is 0 Å². The summed E-state index contributed by atoms with van der Waals surface area (Å²) in [6, 6.07) is 6.03. The number of ether oxygens (including phenoxy) is 1. The highest BCUT2D eigenvalue weighted by Gasteiger charge is 2.31. The second-order valence-corrected chi connectivity index (χ2v) is 7.94. The molecule has 1 fully saturated rings. The highest BCUT2D eigenvalue weighted by molar-refractivity contribution is 5.81. The van der Waals surface area contributed by atoms with Gasteiger partial charge in [-0.25, -0.2) is 14.6 Å². The van der Waals surface area contributed by atoms with Crippen LogP contribution in [-0.4, -0.2) is 49.7 Å². The largest absolute Gasteiger partial charge is 0.481 e. The first-order valence-electron chi connectivity index (χ1n) is 10.1. The summed E-state index contributed by atoms with van der Waals surface area (Å²) in [5, 5.41) is 4.66. The molecule has 1 aliphatic heterocycles. The molecule has 0 radical (unpaired) electrons. The number of amides is 1. The fourth-order valence-electron chi connectivity index (χ4n) is 4.19. The number of carbonyl (C=O) groups excluding carboxylic acids is 1. The molecule has 1 aromatic carbocycles. The Morgan fingerprint density at radius 3 is 2.66 bits per heavy atom. The van der Waals surface area contributed by atoms with Crippen LogP contribution in [-0.2, 0) is 11.8 Å². The van der Waals surface area contributed by atoms with Crippen molar-refractivity contribution in [3.05, 3.63) is 47.4 Å². The molecule has 2 atom stereocenters. The van der Waals surface area contributed by atoms with E-state index in [4.69, 9.17) is 4.74 Å². The predicted octanol–water partition coefficient (Wildman–Crippen LogP) is 3.15. The van der Waals surface area contributed by atoms with Crippen molar-refractivity contribution in [2.45, 2.75) is 45.6 Å². The van der Waals surface area contributed by atoms with Gasteiger partial charge in [0.15, 0.2) is 11.8 Å². The summed E-state index contributed by atoms with van der Waals surface area (Å²) in [4.78, 5) is 23.8. The first kappa shape index (κ1) is 19.4. The molecule has 0 aliphatic carbocycles. The molecule has 2 aromatic heterocycles. The molecule has 3 aromatic rings. The van der Waals surface area contributed by atoms with Gasteiger partial charge in [0, 0.05) is 38.4 Å². The molecule has 1 amide bonds. The molecule has 3 heterocycles. The van der Waals surface area contributed by atoms with Gasteiger partial charge in [0.25, 0.3) is 5.91 Å². The number of aromatic nitrogens is 4. The maximum atomic E-state index is 13.1. The van der Waals surface area contributed by atoms with Crippen LogP contribution in [0.4, 0.5) is 0 Å². The van der Waals surface area contributed by atoms with E-state index in [-0.39, 0.29) is 11.8 Å². The molecule has 1 saturated heterocycles. The lowest BCUT2D eigenvalue weighted by atomic mass is 9.94. The molecule has 152 valence electrons. The van der Waals surface area contributed by atoms with E-state index < -0.39 is 6.10 Å². The number of rotatable bonds is 4. The van der Waals surface area contributed by atoms with Gasteiger partial charge in [0.1, 0.15) is 11.3 Å². The Labute approximate surface area is 170 Å². The van der Waals surface area contributed by atoms with Crippen LogP contribution in [0, 0.1) is 13.8 Å². The third-order valence-corrected chi connectivity index (χ3v) is 5.46. The van der Waals surface area contributed by atoms with Crippen LogP contribution < -0.4 is 4.74 Å². The number of nitrogens with zero attached hydrogens (tertiary/aromatic N) is 5. The maximum absolute atomic E-state index is 13.1. The third-order valence-electron chi connectivity index (χ3n) is 5.46. The van der Waals surface area contributed by atoms with Gasteiger partial charge in [0.2, 0.25) is 0 Å². The summed E-state index contributed by atoms with van der Waals surface area (Å²) < 4.78 is 7.74. The van der Waals surface area contributed by atoms with E-state index in [0.29, 0.717) is 6.54 Å². The topological polar surface area (TPSA) is 73.1 Å². The van der Waals surface area contributed by atoms with Gasteiger partial charge >= 0.3 is 0 Å². The van der Waals surface area contributed by atoms with E-state index in [1.165, 1.54) is 0 Å². The molecule has 29 heavy (non-hydrogen) atoms. The predicted molar refractivity (Wildman–Crippen MR) is 111 cm³/mol. The van der Waals surface area contributed by atoms with Crippen molar-refractivity contribution in [2.24, 2.45) is 7.05 Å². The molecule has 0 bridgehead atoms. The zero-order valence-electron chi connectivity index (χ0n) is 17.4. The Balaban J connectivity index is 1.49. The lowest BCUT2D eigenvalue weighted by Crippen LogP contribution is -2.45. The summed E-state index contributed by atoms with van der Waals surface area (Å²) >= 11 is 0. The van der Waals surface area contributed by atoms with Crippen molar-refractivity contribution in [3.63, 3.8) is 0 Å². The molecule has 1 aliphatic rings. The molecule has 0 spiro atoms. The molecular formula is C22H27N5O2. The number of hydrogen-bond acceptors (Lipinski definition) is 5. The quantitative estimate of drug-likeness (QED) is 0.681. The number of benzene rings is 1. The second-order valence-electron chi connectivity index (χ2n) is 7.94. The summed E-state index contributed by atoms with van der Waals surface area (Å²) in [6.45, 7) is 7.25. The van der Waals surface area contributed by atoms with Crippen LogP contribution in [0.3, 0.4) is 0 Å². The first-order valence-corrected chi connectivity index (χ1v) is 10.1. The summed E-state index contributed by atoms with van der Waals surface area (Å²) in [5.41, 5.74) is 4.78. The minimum atomic E-state index is -0.532. The molecular weight excluding hydrogens is 366 g/mol. The smallest absolute Gasteiger partial charge is 0.263 e. The van der Waals surface area contributed by atoms with E-state index in [0.717, 1.165) is 53.1 Å². The normalized spacial score (nSPS) is 18.1. The fraction of sp³-hybridized carbons (Fsp3) is 0.455. The average molecular weight is 393 g/mol. The van der Waals surface area contributed by atoms with Gasteiger partial charge in [-0.05, 0) is 56.9 Å². The average Bonchev–Trinajstić information content (AvgIpc) is 3.04. The Morgan fingerprint density at radius 1 is 1.17 bits per heavy atom. The van der Waals surface area contributed by atoms with Crippen LogP contribution >= 0.6 is 0 Å². The molecule has 0 N–H and O–H groups in total. The number of fused-ring (bicyclic) bond motifs is 1. The van der Waals surface area contributed by atoms with Crippen molar-refractivity contribution in [3.8, 4) is 5.75 Å². The fourth-order valence-corrected chi connectivity index (χ4v) is 4.19.